The Hall–Kier alpha value is -0.830. The van der Waals surface area contributed by atoms with Crippen molar-refractivity contribution < 1.29 is 4.79 Å². The molecule has 2 aliphatic carbocycles. The molecule has 0 amide bonds. The van der Waals surface area contributed by atoms with Crippen molar-refractivity contribution in [3.63, 3.8) is 0 Å². The lowest BCUT2D eigenvalue weighted by Crippen LogP contribution is -2.05. The number of hydrogen-bond donors (Lipinski definition) is 1. The van der Waals surface area contributed by atoms with E-state index < -0.39 is 0 Å². The average molecular weight is 294 g/mol. The van der Waals surface area contributed by atoms with Gasteiger partial charge in [0.25, 0.3) is 0 Å². The molecule has 2 unspecified atom stereocenters. The number of halogens is 1. The molecule has 17 heavy (non-hydrogen) atoms. The van der Waals surface area contributed by atoms with Crippen LogP contribution in [0.4, 0.5) is 5.69 Å². The third-order valence-corrected chi connectivity index (χ3v) is 4.87. The van der Waals surface area contributed by atoms with Gasteiger partial charge in [-0.1, -0.05) is 12.8 Å². The number of rotatable bonds is 2. The molecule has 2 fully saturated rings. The highest BCUT2D eigenvalue weighted by Crippen LogP contribution is 2.56. The minimum atomic E-state index is 0.289. The van der Waals surface area contributed by atoms with E-state index in [2.05, 4.69) is 15.9 Å². The Morgan fingerprint density at radius 1 is 1.24 bits per heavy atom. The quantitative estimate of drug-likeness (QED) is 0.668. The van der Waals surface area contributed by atoms with Crippen molar-refractivity contribution in [2.75, 3.05) is 5.73 Å². The zero-order valence-electron chi connectivity index (χ0n) is 9.66. The lowest BCUT2D eigenvalue weighted by Gasteiger charge is -2.04. The maximum atomic E-state index is 12.4. The molecule has 0 saturated heterocycles. The standard InChI is InChI=1S/C14H16BrNO/c15-12-7-8(16)5-6-11(12)14(17)13-9-3-1-2-4-10(9)13/h5-7,9-10,13H,1-4,16H2. The Morgan fingerprint density at radius 2 is 1.88 bits per heavy atom. The van der Waals surface area contributed by atoms with E-state index in [-0.39, 0.29) is 5.92 Å². The number of nitrogen functional groups attached to an aromatic ring is 1. The molecule has 1 aromatic carbocycles. The van der Waals surface area contributed by atoms with Crippen LogP contribution in [0.3, 0.4) is 0 Å². The molecule has 1 aromatic rings. The van der Waals surface area contributed by atoms with E-state index in [9.17, 15) is 4.79 Å². The van der Waals surface area contributed by atoms with Crippen LogP contribution >= 0.6 is 15.9 Å². The fourth-order valence-electron chi connectivity index (χ4n) is 3.29. The van der Waals surface area contributed by atoms with Gasteiger partial charge in [0.05, 0.1) is 0 Å². The van der Waals surface area contributed by atoms with Crippen LogP contribution in [0.15, 0.2) is 22.7 Å². The summed E-state index contributed by atoms with van der Waals surface area (Å²) >= 11 is 3.44. The zero-order valence-corrected chi connectivity index (χ0v) is 11.2. The molecule has 0 radical (unpaired) electrons. The maximum absolute atomic E-state index is 12.4. The van der Waals surface area contributed by atoms with Gasteiger partial charge in [-0.3, -0.25) is 4.79 Å². The van der Waals surface area contributed by atoms with Gasteiger partial charge in [-0.15, -0.1) is 0 Å². The fraction of sp³-hybridized carbons (Fsp3) is 0.500. The van der Waals surface area contributed by atoms with Gasteiger partial charge >= 0.3 is 0 Å². The van der Waals surface area contributed by atoms with Crippen LogP contribution in [-0.4, -0.2) is 5.78 Å². The number of hydrogen-bond acceptors (Lipinski definition) is 2. The number of benzene rings is 1. The maximum Gasteiger partial charge on any atom is 0.167 e. The minimum Gasteiger partial charge on any atom is -0.399 e. The van der Waals surface area contributed by atoms with Crippen molar-refractivity contribution in [3.05, 3.63) is 28.2 Å². The van der Waals surface area contributed by atoms with Gasteiger partial charge in [0.2, 0.25) is 0 Å². The smallest absolute Gasteiger partial charge is 0.167 e. The number of nitrogens with two attached hydrogens (primary N) is 1. The van der Waals surface area contributed by atoms with Gasteiger partial charge in [-0.2, -0.15) is 0 Å². The number of anilines is 1. The monoisotopic (exact) mass is 293 g/mol. The summed E-state index contributed by atoms with van der Waals surface area (Å²) in [6.07, 6.45) is 5.09. The summed E-state index contributed by atoms with van der Waals surface area (Å²) in [6.45, 7) is 0. The van der Waals surface area contributed by atoms with Crippen LogP contribution in [0, 0.1) is 17.8 Å². The molecular formula is C14H16BrNO. The second kappa shape index (κ2) is 4.13. The van der Waals surface area contributed by atoms with E-state index in [4.69, 9.17) is 5.73 Å². The number of fused-ring (bicyclic) bond motifs is 1. The van der Waals surface area contributed by atoms with E-state index in [1.807, 2.05) is 18.2 Å². The van der Waals surface area contributed by atoms with Gasteiger partial charge in [-0.25, -0.2) is 0 Å². The largest absolute Gasteiger partial charge is 0.399 e. The summed E-state index contributed by atoms with van der Waals surface area (Å²) in [5.74, 6) is 1.94. The first kappa shape index (κ1) is 11.3. The van der Waals surface area contributed by atoms with Crippen LogP contribution < -0.4 is 5.73 Å². The molecular weight excluding hydrogens is 278 g/mol. The number of Topliss-reactive ketones (excluding diaryl/α,β-unsaturated/α-hetero) is 1. The van der Waals surface area contributed by atoms with E-state index in [1.54, 1.807) is 0 Å². The Morgan fingerprint density at radius 3 is 2.47 bits per heavy atom. The van der Waals surface area contributed by atoms with Crippen molar-refractivity contribution in [2.45, 2.75) is 25.7 Å². The summed E-state index contributed by atoms with van der Waals surface area (Å²) < 4.78 is 0.839. The highest BCUT2D eigenvalue weighted by molar-refractivity contribution is 9.10. The second-order valence-corrected chi connectivity index (χ2v) is 6.10. The summed E-state index contributed by atoms with van der Waals surface area (Å²) in [4.78, 5) is 12.4. The van der Waals surface area contributed by atoms with Crippen molar-refractivity contribution in [1.82, 2.24) is 0 Å². The summed E-state index contributed by atoms with van der Waals surface area (Å²) in [7, 11) is 0. The van der Waals surface area contributed by atoms with Crippen molar-refractivity contribution in [2.24, 2.45) is 17.8 Å². The molecule has 0 aliphatic heterocycles. The lowest BCUT2D eigenvalue weighted by molar-refractivity contribution is 0.0955. The lowest BCUT2D eigenvalue weighted by atomic mass is 10.0. The van der Waals surface area contributed by atoms with Gasteiger partial charge in [0.15, 0.2) is 5.78 Å². The first-order valence-corrected chi connectivity index (χ1v) is 7.07. The Bertz CT molecular complexity index is 459. The average Bonchev–Trinajstić information content (AvgIpc) is 3.02. The van der Waals surface area contributed by atoms with Gasteiger partial charge in [-0.05, 0) is 58.8 Å². The summed E-state index contributed by atoms with van der Waals surface area (Å²) in [6, 6.07) is 5.48. The van der Waals surface area contributed by atoms with E-state index in [0.717, 1.165) is 10.0 Å². The zero-order chi connectivity index (χ0) is 12.0. The number of carbonyl (C=O) groups excluding carboxylic acids is 1. The molecule has 0 aromatic heterocycles. The first-order valence-electron chi connectivity index (χ1n) is 6.27. The highest BCUT2D eigenvalue weighted by Gasteiger charge is 2.54. The molecule has 2 nitrogen and oxygen atoms in total. The fourth-order valence-corrected chi connectivity index (χ4v) is 3.88. The second-order valence-electron chi connectivity index (χ2n) is 5.24. The van der Waals surface area contributed by atoms with Gasteiger partial charge in [0, 0.05) is 21.6 Å². The van der Waals surface area contributed by atoms with Crippen LogP contribution in [0.2, 0.25) is 0 Å². The minimum absolute atomic E-state index is 0.289. The molecule has 2 aliphatic rings. The van der Waals surface area contributed by atoms with Crippen LogP contribution in [0.1, 0.15) is 36.0 Å². The van der Waals surface area contributed by atoms with Gasteiger partial charge in [0.1, 0.15) is 0 Å². The van der Waals surface area contributed by atoms with E-state index in [1.165, 1.54) is 25.7 Å². The van der Waals surface area contributed by atoms with E-state index >= 15 is 0 Å². The molecule has 0 heterocycles. The third-order valence-electron chi connectivity index (χ3n) is 4.22. The van der Waals surface area contributed by atoms with Crippen LogP contribution in [0.5, 0.6) is 0 Å². The first-order chi connectivity index (χ1) is 8.18. The molecule has 0 bridgehead atoms. The SMILES string of the molecule is Nc1ccc(C(=O)C2C3CCCCC32)c(Br)c1. The van der Waals surface area contributed by atoms with Gasteiger partial charge < -0.3 is 5.73 Å². The highest BCUT2D eigenvalue weighted by atomic mass is 79.9. The predicted octanol–water partition coefficient (Wildman–Crippen LogP) is 3.65. The van der Waals surface area contributed by atoms with Crippen molar-refractivity contribution in [1.29, 1.82) is 0 Å². The van der Waals surface area contributed by atoms with E-state index in [0.29, 0.717) is 23.3 Å². The van der Waals surface area contributed by atoms with Crippen LogP contribution in [0.25, 0.3) is 0 Å². The molecule has 3 rings (SSSR count). The number of carbonyl (C=O) groups is 1. The summed E-state index contributed by atoms with van der Waals surface area (Å²) in [5.41, 5.74) is 7.20. The Balaban J connectivity index is 1.83. The molecule has 2 atom stereocenters. The van der Waals surface area contributed by atoms with Crippen LogP contribution in [-0.2, 0) is 0 Å². The Kier molecular flexibility index (Phi) is 2.74. The van der Waals surface area contributed by atoms with Crippen molar-refractivity contribution in [3.8, 4) is 0 Å². The predicted molar refractivity (Wildman–Crippen MR) is 71.8 cm³/mol. The molecule has 2 N–H and O–H groups in total. The molecule has 0 spiro atoms. The Labute approximate surface area is 110 Å². The normalized spacial score (nSPS) is 30.8. The molecule has 2 saturated carbocycles. The topological polar surface area (TPSA) is 43.1 Å². The summed E-state index contributed by atoms with van der Waals surface area (Å²) in [5, 5.41) is 0. The third kappa shape index (κ3) is 1.90. The molecule has 90 valence electrons. The van der Waals surface area contributed by atoms with Crippen molar-refractivity contribution >= 4 is 27.4 Å². The molecule has 3 heteroatoms. The number of ketones is 1.